The zero-order chi connectivity index (χ0) is 13.9. The number of carbonyl (C=O) groups is 1. The maximum absolute atomic E-state index is 10.9. The number of nitrogens with two attached hydrogens (primary N) is 1. The van der Waals surface area contributed by atoms with Crippen molar-refractivity contribution in [2.75, 3.05) is 0 Å². The molecule has 3 N–H and O–H groups in total. The third-order valence-electron chi connectivity index (χ3n) is 2.63. The summed E-state index contributed by atoms with van der Waals surface area (Å²) in [7, 11) is 0. The maximum atomic E-state index is 10.9. The first-order valence-electron chi connectivity index (χ1n) is 5.30. The summed E-state index contributed by atoms with van der Waals surface area (Å²) in [5, 5.41) is 9.60. The normalized spacial score (nSPS) is 13.4. The SMILES string of the molecule is CC(C)(SCc1ccc(Br)cc1Cl)[C@@H](N)C(=O)O. The van der Waals surface area contributed by atoms with E-state index in [1.807, 2.05) is 32.0 Å². The molecule has 0 fully saturated rings. The molecule has 1 rings (SSSR count). The Balaban J connectivity index is 2.72. The third-order valence-corrected chi connectivity index (χ3v) is 4.93. The highest BCUT2D eigenvalue weighted by molar-refractivity contribution is 9.10. The summed E-state index contributed by atoms with van der Waals surface area (Å²) in [6, 6.07) is 4.74. The summed E-state index contributed by atoms with van der Waals surface area (Å²) in [6.45, 7) is 3.65. The van der Waals surface area contributed by atoms with Crippen molar-refractivity contribution in [1.82, 2.24) is 0 Å². The zero-order valence-electron chi connectivity index (χ0n) is 10.1. The van der Waals surface area contributed by atoms with Gasteiger partial charge in [0.25, 0.3) is 0 Å². The molecule has 0 saturated heterocycles. The summed E-state index contributed by atoms with van der Waals surface area (Å²) < 4.78 is 0.366. The Bertz CT molecular complexity index is 454. The van der Waals surface area contributed by atoms with Crippen molar-refractivity contribution in [3.05, 3.63) is 33.3 Å². The Morgan fingerprint density at radius 3 is 2.72 bits per heavy atom. The molecule has 0 aliphatic heterocycles. The number of aliphatic carboxylic acids is 1. The minimum atomic E-state index is -0.991. The number of benzene rings is 1. The van der Waals surface area contributed by atoms with Crippen molar-refractivity contribution in [2.45, 2.75) is 30.4 Å². The van der Waals surface area contributed by atoms with Crippen LogP contribution in [0.15, 0.2) is 22.7 Å². The smallest absolute Gasteiger partial charge is 0.321 e. The molecular weight excluding hydrogens is 338 g/mol. The second-order valence-corrected chi connectivity index (χ2v) is 7.40. The first kappa shape index (κ1) is 15.8. The Morgan fingerprint density at radius 1 is 1.61 bits per heavy atom. The van der Waals surface area contributed by atoms with E-state index in [1.54, 1.807) is 0 Å². The van der Waals surface area contributed by atoms with Gasteiger partial charge < -0.3 is 10.8 Å². The Labute approximate surface area is 124 Å². The molecule has 0 amide bonds. The van der Waals surface area contributed by atoms with Gasteiger partial charge in [-0.25, -0.2) is 0 Å². The van der Waals surface area contributed by atoms with E-state index in [2.05, 4.69) is 15.9 Å². The van der Waals surface area contributed by atoms with Gasteiger partial charge in [0.05, 0.1) is 0 Å². The van der Waals surface area contributed by atoms with E-state index in [0.29, 0.717) is 10.8 Å². The second-order valence-electron chi connectivity index (χ2n) is 4.44. The van der Waals surface area contributed by atoms with Gasteiger partial charge in [-0.05, 0) is 31.5 Å². The van der Waals surface area contributed by atoms with Crippen LogP contribution >= 0.6 is 39.3 Å². The van der Waals surface area contributed by atoms with E-state index in [1.165, 1.54) is 11.8 Å². The summed E-state index contributed by atoms with van der Waals surface area (Å²) in [5.41, 5.74) is 6.63. The molecule has 18 heavy (non-hydrogen) atoms. The average Bonchev–Trinajstić information content (AvgIpc) is 2.26. The first-order chi connectivity index (χ1) is 8.24. The Morgan fingerprint density at radius 2 is 2.22 bits per heavy atom. The molecule has 0 heterocycles. The highest BCUT2D eigenvalue weighted by Crippen LogP contribution is 2.33. The van der Waals surface area contributed by atoms with Crippen LogP contribution in [0.5, 0.6) is 0 Å². The Hall–Kier alpha value is -0.230. The van der Waals surface area contributed by atoms with Crippen molar-refractivity contribution in [3.63, 3.8) is 0 Å². The Kier molecular flexibility index (Phi) is 5.52. The number of thioether (sulfide) groups is 1. The molecule has 6 heteroatoms. The standard InChI is InChI=1S/C12H15BrClNO2S/c1-12(2,10(15)11(16)17)18-6-7-3-4-8(13)5-9(7)14/h3-5,10H,6,15H2,1-2H3,(H,16,17)/t10-/m0/s1. The molecule has 100 valence electrons. The van der Waals surface area contributed by atoms with Crippen molar-refractivity contribution < 1.29 is 9.90 Å². The van der Waals surface area contributed by atoms with Crippen LogP contribution < -0.4 is 5.73 Å². The van der Waals surface area contributed by atoms with E-state index in [9.17, 15) is 4.79 Å². The van der Waals surface area contributed by atoms with Gasteiger partial charge in [0.1, 0.15) is 6.04 Å². The van der Waals surface area contributed by atoms with E-state index < -0.39 is 16.8 Å². The number of halogens is 2. The molecule has 0 aromatic heterocycles. The second kappa shape index (κ2) is 6.28. The summed E-state index contributed by atoms with van der Waals surface area (Å²) in [6.07, 6.45) is 0. The van der Waals surface area contributed by atoms with Gasteiger partial charge in [-0.2, -0.15) is 0 Å². The molecule has 3 nitrogen and oxygen atoms in total. The largest absolute Gasteiger partial charge is 0.480 e. The van der Waals surface area contributed by atoms with Gasteiger partial charge in [-0.3, -0.25) is 4.79 Å². The molecule has 0 bridgehead atoms. The van der Waals surface area contributed by atoms with Gasteiger partial charge in [0.2, 0.25) is 0 Å². The molecular formula is C12H15BrClNO2S. The molecule has 1 aromatic rings. The number of hydrogen-bond donors (Lipinski definition) is 2. The summed E-state index contributed by atoms with van der Waals surface area (Å²) in [4.78, 5) is 10.9. The molecule has 1 aromatic carbocycles. The minimum absolute atomic E-state index is 0.553. The monoisotopic (exact) mass is 351 g/mol. The van der Waals surface area contributed by atoms with E-state index in [-0.39, 0.29) is 0 Å². The molecule has 0 spiro atoms. The molecule has 1 atom stereocenters. The van der Waals surface area contributed by atoms with Crippen LogP contribution in [-0.4, -0.2) is 21.9 Å². The molecule has 0 saturated carbocycles. The van der Waals surface area contributed by atoms with Gasteiger partial charge in [0, 0.05) is 20.0 Å². The lowest BCUT2D eigenvalue weighted by molar-refractivity contribution is -0.139. The van der Waals surface area contributed by atoms with Crippen LogP contribution in [0.3, 0.4) is 0 Å². The van der Waals surface area contributed by atoms with E-state index in [0.717, 1.165) is 10.0 Å². The molecule has 0 unspecified atom stereocenters. The fourth-order valence-electron chi connectivity index (χ4n) is 1.29. The molecule has 0 aliphatic carbocycles. The van der Waals surface area contributed by atoms with Crippen molar-refractivity contribution >= 4 is 45.3 Å². The van der Waals surface area contributed by atoms with Crippen LogP contribution in [0.2, 0.25) is 5.02 Å². The highest BCUT2D eigenvalue weighted by Gasteiger charge is 2.32. The fraction of sp³-hybridized carbons (Fsp3) is 0.417. The van der Waals surface area contributed by atoms with Crippen LogP contribution in [0.1, 0.15) is 19.4 Å². The van der Waals surface area contributed by atoms with Crippen molar-refractivity contribution in [3.8, 4) is 0 Å². The lowest BCUT2D eigenvalue weighted by Crippen LogP contribution is -2.46. The van der Waals surface area contributed by atoms with Crippen molar-refractivity contribution in [2.24, 2.45) is 5.73 Å². The number of rotatable bonds is 5. The lowest BCUT2D eigenvalue weighted by Gasteiger charge is -2.28. The predicted molar refractivity (Wildman–Crippen MR) is 80.1 cm³/mol. The van der Waals surface area contributed by atoms with Gasteiger partial charge in [-0.1, -0.05) is 33.6 Å². The number of carboxylic acids is 1. The van der Waals surface area contributed by atoms with Gasteiger partial charge >= 0.3 is 5.97 Å². The zero-order valence-corrected chi connectivity index (χ0v) is 13.3. The van der Waals surface area contributed by atoms with Crippen molar-refractivity contribution in [1.29, 1.82) is 0 Å². The third kappa shape index (κ3) is 4.16. The fourth-order valence-corrected chi connectivity index (χ4v) is 3.17. The summed E-state index contributed by atoms with van der Waals surface area (Å²) in [5.74, 6) is -0.366. The van der Waals surface area contributed by atoms with E-state index >= 15 is 0 Å². The molecule has 0 aliphatic rings. The van der Waals surface area contributed by atoms with Gasteiger partial charge in [-0.15, -0.1) is 11.8 Å². The average molecular weight is 353 g/mol. The van der Waals surface area contributed by atoms with Crippen LogP contribution in [0.4, 0.5) is 0 Å². The topological polar surface area (TPSA) is 63.3 Å². The molecule has 0 radical (unpaired) electrons. The van der Waals surface area contributed by atoms with Crippen LogP contribution in [-0.2, 0) is 10.5 Å². The van der Waals surface area contributed by atoms with Crippen LogP contribution in [0.25, 0.3) is 0 Å². The van der Waals surface area contributed by atoms with Crippen LogP contribution in [0, 0.1) is 0 Å². The highest BCUT2D eigenvalue weighted by atomic mass is 79.9. The lowest BCUT2D eigenvalue weighted by atomic mass is 10.1. The number of carboxylic acid groups (broad SMARTS) is 1. The quantitative estimate of drug-likeness (QED) is 0.851. The van der Waals surface area contributed by atoms with E-state index in [4.69, 9.17) is 22.4 Å². The first-order valence-corrected chi connectivity index (χ1v) is 7.46. The summed E-state index contributed by atoms with van der Waals surface area (Å²) >= 11 is 10.9. The number of hydrogen-bond acceptors (Lipinski definition) is 3. The predicted octanol–water partition coefficient (Wildman–Crippen LogP) is 3.53. The van der Waals surface area contributed by atoms with Gasteiger partial charge in [0.15, 0.2) is 0 Å². The minimum Gasteiger partial charge on any atom is -0.480 e. The maximum Gasteiger partial charge on any atom is 0.321 e.